The summed E-state index contributed by atoms with van der Waals surface area (Å²) in [7, 11) is 2.07. The topological polar surface area (TPSA) is 27.0 Å². The second-order valence-corrected chi connectivity index (χ2v) is 5.29. The molecule has 3 heteroatoms. The molecule has 0 unspecified atom stereocenters. The molecule has 0 aliphatic heterocycles. The van der Waals surface area contributed by atoms with Crippen molar-refractivity contribution < 1.29 is 0 Å². The molecular weight excluding hydrogens is 300 g/mol. The van der Waals surface area contributed by atoms with E-state index in [0.717, 1.165) is 23.1 Å². The minimum Gasteiger partial charge on any atom is -0.374 e. The van der Waals surface area contributed by atoms with Gasteiger partial charge in [0.05, 0.1) is 5.56 Å². The van der Waals surface area contributed by atoms with Gasteiger partial charge in [-0.1, -0.05) is 30.3 Å². The van der Waals surface area contributed by atoms with Crippen molar-refractivity contribution in [2.24, 2.45) is 0 Å². The van der Waals surface area contributed by atoms with E-state index in [1.807, 2.05) is 24.3 Å². The van der Waals surface area contributed by atoms with Crippen LogP contribution in [-0.4, -0.2) is 13.6 Å². The van der Waals surface area contributed by atoms with E-state index in [4.69, 9.17) is 5.26 Å². The Kier molecular flexibility index (Phi) is 4.59. The number of benzene rings is 2. The molecule has 2 aromatic rings. The largest absolute Gasteiger partial charge is 0.374 e. The maximum absolute atomic E-state index is 8.91. The van der Waals surface area contributed by atoms with Gasteiger partial charge < -0.3 is 4.90 Å². The average molecular weight is 315 g/mol. The van der Waals surface area contributed by atoms with Crippen LogP contribution in [0.5, 0.6) is 0 Å². The summed E-state index contributed by atoms with van der Waals surface area (Å²) >= 11 is 3.42. The maximum Gasteiger partial charge on any atom is 0.100 e. The quantitative estimate of drug-likeness (QED) is 0.853. The van der Waals surface area contributed by atoms with Gasteiger partial charge in [0.1, 0.15) is 6.07 Å². The lowest BCUT2D eigenvalue weighted by atomic mass is 10.1. The lowest BCUT2D eigenvalue weighted by Crippen LogP contribution is -2.20. The third-order valence-corrected chi connectivity index (χ3v) is 3.75. The van der Waals surface area contributed by atoms with Gasteiger partial charge in [-0.2, -0.15) is 5.26 Å². The van der Waals surface area contributed by atoms with E-state index < -0.39 is 0 Å². The molecule has 0 N–H and O–H groups in total. The zero-order valence-electron chi connectivity index (χ0n) is 10.8. The van der Waals surface area contributed by atoms with Crippen LogP contribution in [0, 0.1) is 11.3 Å². The van der Waals surface area contributed by atoms with Crippen LogP contribution in [0.25, 0.3) is 0 Å². The lowest BCUT2D eigenvalue weighted by Gasteiger charge is -2.19. The molecule has 0 fully saturated rings. The first-order valence-corrected chi connectivity index (χ1v) is 6.94. The summed E-state index contributed by atoms with van der Waals surface area (Å²) in [5, 5.41) is 8.91. The van der Waals surface area contributed by atoms with Crippen molar-refractivity contribution in [3.63, 3.8) is 0 Å². The average Bonchev–Trinajstić information content (AvgIpc) is 2.45. The third-order valence-electron chi connectivity index (χ3n) is 3.09. The second-order valence-electron chi connectivity index (χ2n) is 4.43. The normalized spacial score (nSPS) is 9.95. The fourth-order valence-electron chi connectivity index (χ4n) is 1.90. The Hall–Kier alpha value is -1.79. The molecule has 0 bridgehead atoms. The molecule has 2 aromatic carbocycles. The van der Waals surface area contributed by atoms with Gasteiger partial charge >= 0.3 is 0 Å². The van der Waals surface area contributed by atoms with Crippen molar-refractivity contribution in [3.05, 3.63) is 64.1 Å². The van der Waals surface area contributed by atoms with E-state index in [1.165, 1.54) is 5.56 Å². The SMILES string of the molecule is CN(CCc1ccccc1)c1ccc(C#N)c(Br)c1. The van der Waals surface area contributed by atoms with Crippen molar-refractivity contribution in [2.45, 2.75) is 6.42 Å². The molecule has 0 atom stereocenters. The summed E-state index contributed by atoms with van der Waals surface area (Å²) in [5.41, 5.74) is 3.11. The molecule has 2 rings (SSSR count). The molecule has 0 aliphatic carbocycles. The summed E-state index contributed by atoms with van der Waals surface area (Å²) in [6.45, 7) is 0.947. The highest BCUT2D eigenvalue weighted by Gasteiger charge is 2.05. The van der Waals surface area contributed by atoms with Crippen LogP contribution >= 0.6 is 15.9 Å². The van der Waals surface area contributed by atoms with Crippen LogP contribution in [0.2, 0.25) is 0 Å². The van der Waals surface area contributed by atoms with Crippen LogP contribution in [-0.2, 0) is 6.42 Å². The first-order chi connectivity index (χ1) is 9.20. The highest BCUT2D eigenvalue weighted by molar-refractivity contribution is 9.10. The number of halogens is 1. The van der Waals surface area contributed by atoms with Crippen molar-refractivity contribution in [2.75, 3.05) is 18.5 Å². The predicted molar refractivity (Wildman–Crippen MR) is 82.3 cm³/mol. The number of hydrogen-bond acceptors (Lipinski definition) is 2. The first kappa shape index (κ1) is 13.6. The predicted octanol–water partition coefficient (Wildman–Crippen LogP) is 4.00. The van der Waals surface area contributed by atoms with Gasteiger partial charge in [0, 0.05) is 23.8 Å². The summed E-state index contributed by atoms with van der Waals surface area (Å²) < 4.78 is 0.846. The van der Waals surface area contributed by atoms with E-state index in [0.29, 0.717) is 5.56 Å². The van der Waals surface area contributed by atoms with E-state index in [-0.39, 0.29) is 0 Å². The molecular formula is C16H15BrN2. The van der Waals surface area contributed by atoms with E-state index in [2.05, 4.69) is 58.2 Å². The minimum absolute atomic E-state index is 0.667. The molecule has 19 heavy (non-hydrogen) atoms. The number of anilines is 1. The Morgan fingerprint density at radius 2 is 1.89 bits per heavy atom. The Labute approximate surface area is 122 Å². The molecule has 0 aromatic heterocycles. The Balaban J connectivity index is 2.02. The van der Waals surface area contributed by atoms with Crippen LogP contribution in [0.1, 0.15) is 11.1 Å². The Morgan fingerprint density at radius 3 is 2.53 bits per heavy atom. The Bertz CT molecular complexity index is 587. The van der Waals surface area contributed by atoms with Gasteiger partial charge in [-0.25, -0.2) is 0 Å². The summed E-state index contributed by atoms with van der Waals surface area (Å²) in [4.78, 5) is 2.19. The zero-order chi connectivity index (χ0) is 13.7. The minimum atomic E-state index is 0.667. The van der Waals surface area contributed by atoms with Crippen molar-refractivity contribution in [1.29, 1.82) is 5.26 Å². The third kappa shape index (κ3) is 3.59. The van der Waals surface area contributed by atoms with Crippen molar-refractivity contribution in [3.8, 4) is 6.07 Å². The molecule has 0 saturated carbocycles. The molecule has 0 radical (unpaired) electrons. The fourth-order valence-corrected chi connectivity index (χ4v) is 2.36. The van der Waals surface area contributed by atoms with Crippen LogP contribution in [0.3, 0.4) is 0 Å². The van der Waals surface area contributed by atoms with Crippen LogP contribution < -0.4 is 4.90 Å². The molecule has 0 spiro atoms. The molecule has 96 valence electrons. The number of nitrogens with zero attached hydrogens (tertiary/aromatic N) is 2. The van der Waals surface area contributed by atoms with E-state index in [1.54, 1.807) is 0 Å². The second kappa shape index (κ2) is 6.40. The maximum atomic E-state index is 8.91. The highest BCUT2D eigenvalue weighted by atomic mass is 79.9. The summed E-state index contributed by atoms with van der Waals surface area (Å²) in [5.74, 6) is 0. The van der Waals surface area contributed by atoms with Crippen molar-refractivity contribution >= 4 is 21.6 Å². The van der Waals surface area contributed by atoms with Gasteiger partial charge in [-0.05, 0) is 46.1 Å². The molecule has 0 amide bonds. The molecule has 0 aliphatic rings. The monoisotopic (exact) mass is 314 g/mol. The highest BCUT2D eigenvalue weighted by Crippen LogP contribution is 2.23. The van der Waals surface area contributed by atoms with Gasteiger partial charge in [0.25, 0.3) is 0 Å². The van der Waals surface area contributed by atoms with Crippen molar-refractivity contribution in [1.82, 2.24) is 0 Å². The number of rotatable bonds is 4. The van der Waals surface area contributed by atoms with Crippen LogP contribution in [0.4, 0.5) is 5.69 Å². The molecule has 0 saturated heterocycles. The number of likely N-dealkylation sites (N-methyl/N-ethyl adjacent to an activating group) is 1. The standard InChI is InChI=1S/C16H15BrN2/c1-19(10-9-13-5-3-2-4-6-13)15-8-7-14(12-18)16(17)11-15/h2-8,11H,9-10H2,1H3. The number of nitriles is 1. The van der Waals surface area contributed by atoms with Gasteiger partial charge in [0.15, 0.2) is 0 Å². The Morgan fingerprint density at radius 1 is 1.16 bits per heavy atom. The smallest absolute Gasteiger partial charge is 0.100 e. The summed E-state index contributed by atoms with van der Waals surface area (Å²) in [6.07, 6.45) is 1.01. The van der Waals surface area contributed by atoms with Gasteiger partial charge in [0.2, 0.25) is 0 Å². The fraction of sp³-hybridized carbons (Fsp3) is 0.188. The van der Waals surface area contributed by atoms with E-state index >= 15 is 0 Å². The lowest BCUT2D eigenvalue weighted by molar-refractivity contribution is 0.876. The number of hydrogen-bond donors (Lipinski definition) is 0. The van der Waals surface area contributed by atoms with Gasteiger partial charge in [-0.3, -0.25) is 0 Å². The first-order valence-electron chi connectivity index (χ1n) is 6.15. The molecule has 2 nitrogen and oxygen atoms in total. The zero-order valence-corrected chi connectivity index (χ0v) is 12.4. The van der Waals surface area contributed by atoms with Gasteiger partial charge in [-0.15, -0.1) is 0 Å². The van der Waals surface area contributed by atoms with E-state index in [9.17, 15) is 0 Å². The van der Waals surface area contributed by atoms with Crippen LogP contribution in [0.15, 0.2) is 53.0 Å². The molecule has 0 heterocycles. The summed E-state index contributed by atoms with van der Waals surface area (Å²) in [6, 6.07) is 18.4.